The predicted octanol–water partition coefficient (Wildman–Crippen LogP) is 3.51. The molecule has 0 bridgehead atoms. The van der Waals surface area contributed by atoms with Crippen LogP contribution in [0.2, 0.25) is 0 Å². The molecule has 0 unspecified atom stereocenters. The van der Waals surface area contributed by atoms with Crippen molar-refractivity contribution >= 4 is 16.1 Å². The zero-order valence-corrected chi connectivity index (χ0v) is 16.5. The molecular weight excluding hydrogens is 413 g/mol. The first-order valence-electron chi connectivity index (χ1n) is 8.91. The van der Waals surface area contributed by atoms with Crippen LogP contribution in [0.25, 0.3) is 0 Å². The average molecular weight is 433 g/mol. The highest BCUT2D eigenvalue weighted by Crippen LogP contribution is 2.41. The molecule has 0 radical (unpaired) electrons. The minimum absolute atomic E-state index is 0.258. The Kier molecular flexibility index (Phi) is 7.19. The summed E-state index contributed by atoms with van der Waals surface area (Å²) in [6, 6.07) is 2.51. The van der Waals surface area contributed by atoms with E-state index < -0.39 is 51.5 Å². The maximum Gasteiger partial charge on any atom is 0.419 e. The largest absolute Gasteiger partial charge is 0.748 e. The van der Waals surface area contributed by atoms with Gasteiger partial charge in [-0.15, -0.1) is 5.92 Å². The summed E-state index contributed by atoms with van der Waals surface area (Å²) in [5.41, 5.74) is -2.39. The molecule has 1 aromatic carbocycles. The van der Waals surface area contributed by atoms with Gasteiger partial charge in [0.25, 0.3) is 0 Å². The van der Waals surface area contributed by atoms with Crippen LogP contribution in [-0.4, -0.2) is 36.9 Å². The van der Waals surface area contributed by atoms with Gasteiger partial charge in [0.15, 0.2) is 5.60 Å². The van der Waals surface area contributed by atoms with Crippen LogP contribution >= 0.6 is 0 Å². The van der Waals surface area contributed by atoms with Crippen LogP contribution in [0.3, 0.4) is 0 Å². The molecule has 6 nitrogen and oxygen atoms in total. The lowest BCUT2D eigenvalue weighted by Gasteiger charge is -2.34. The molecule has 1 saturated carbocycles. The average Bonchev–Trinajstić information content (AvgIpc) is 2.60. The van der Waals surface area contributed by atoms with Crippen molar-refractivity contribution < 1.29 is 40.4 Å². The Morgan fingerprint density at radius 3 is 2.45 bits per heavy atom. The van der Waals surface area contributed by atoms with Crippen molar-refractivity contribution in [1.29, 1.82) is 0 Å². The van der Waals surface area contributed by atoms with Crippen molar-refractivity contribution in [3.8, 4) is 17.6 Å². The van der Waals surface area contributed by atoms with Crippen LogP contribution in [-0.2, 0) is 21.0 Å². The third-order valence-electron chi connectivity index (χ3n) is 4.41. The summed E-state index contributed by atoms with van der Waals surface area (Å²) in [7, 11) is -4.59. The minimum Gasteiger partial charge on any atom is -0.748 e. The van der Waals surface area contributed by atoms with Gasteiger partial charge >= 0.3 is 12.1 Å². The summed E-state index contributed by atoms with van der Waals surface area (Å²) in [5.74, 6) is 3.03. The van der Waals surface area contributed by atoms with Crippen LogP contribution in [0.1, 0.15) is 54.9 Å². The predicted molar refractivity (Wildman–Crippen MR) is 96.2 cm³/mol. The van der Waals surface area contributed by atoms with Gasteiger partial charge in [-0.3, -0.25) is 0 Å². The number of carbonyl (C=O) groups is 1. The first kappa shape index (κ1) is 23.0. The summed E-state index contributed by atoms with van der Waals surface area (Å²) in [5, 5.41) is 0. The van der Waals surface area contributed by atoms with Crippen molar-refractivity contribution in [3.05, 3.63) is 29.3 Å². The summed E-state index contributed by atoms with van der Waals surface area (Å²) >= 11 is 0. The Morgan fingerprint density at radius 2 is 1.90 bits per heavy atom. The molecule has 1 aliphatic rings. The van der Waals surface area contributed by atoms with E-state index in [0.29, 0.717) is 18.9 Å². The zero-order chi connectivity index (χ0) is 21.7. The third-order valence-corrected chi connectivity index (χ3v) is 5.08. The molecule has 0 aliphatic heterocycles. The highest BCUT2D eigenvalue weighted by Gasteiger charge is 2.39. The normalized spacial score (nSPS) is 16.4. The lowest BCUT2D eigenvalue weighted by atomic mass is 9.85. The summed E-state index contributed by atoms with van der Waals surface area (Å²) in [4.78, 5) is 12.1. The fourth-order valence-electron chi connectivity index (χ4n) is 3.10. The van der Waals surface area contributed by atoms with Crippen molar-refractivity contribution in [2.24, 2.45) is 0 Å². The summed E-state index contributed by atoms with van der Waals surface area (Å²) < 4.78 is 82.5. The van der Waals surface area contributed by atoms with Crippen molar-refractivity contribution in [3.63, 3.8) is 0 Å². The Labute approximate surface area is 167 Å². The fourth-order valence-corrected chi connectivity index (χ4v) is 3.39. The number of benzene rings is 1. The van der Waals surface area contributed by atoms with Gasteiger partial charge in [0, 0.05) is 0 Å². The van der Waals surface area contributed by atoms with Crippen LogP contribution in [0.4, 0.5) is 13.2 Å². The summed E-state index contributed by atoms with van der Waals surface area (Å²) in [6.07, 6.45) is -1.37. The third kappa shape index (κ3) is 6.65. The van der Waals surface area contributed by atoms with Crippen LogP contribution in [0, 0.1) is 11.8 Å². The number of ether oxygens (including phenoxy) is 2. The van der Waals surface area contributed by atoms with E-state index in [0.717, 1.165) is 31.4 Å². The van der Waals surface area contributed by atoms with Gasteiger partial charge in [0.05, 0.1) is 27.0 Å². The zero-order valence-electron chi connectivity index (χ0n) is 15.7. The van der Waals surface area contributed by atoms with E-state index in [2.05, 4.69) is 16.6 Å². The van der Waals surface area contributed by atoms with Gasteiger partial charge in [0.2, 0.25) is 0 Å². The van der Waals surface area contributed by atoms with E-state index >= 15 is 0 Å². The number of rotatable bonds is 6. The minimum atomic E-state index is -4.72. The molecule has 0 aromatic heterocycles. The molecule has 1 fully saturated rings. The Morgan fingerprint density at radius 1 is 1.24 bits per heavy atom. The SMILES string of the molecule is CC#CC1(Oc2cc(C(=O)OCCS(=O)(=O)[O-])ccc2C(F)(F)F)CCCCC1. The molecule has 10 heteroatoms. The number of alkyl halides is 3. The molecule has 0 amide bonds. The number of hydrogen-bond acceptors (Lipinski definition) is 6. The summed E-state index contributed by atoms with van der Waals surface area (Å²) in [6.45, 7) is 0.870. The monoisotopic (exact) mass is 433 g/mol. The van der Waals surface area contributed by atoms with Gasteiger partial charge in [0.1, 0.15) is 12.4 Å². The smallest absolute Gasteiger partial charge is 0.419 e. The Hall–Kier alpha value is -2.25. The first-order chi connectivity index (χ1) is 13.5. The molecule has 2 rings (SSSR count). The van der Waals surface area contributed by atoms with Gasteiger partial charge < -0.3 is 14.0 Å². The maximum atomic E-state index is 13.4. The topological polar surface area (TPSA) is 92.7 Å². The van der Waals surface area contributed by atoms with Gasteiger partial charge in [-0.1, -0.05) is 12.3 Å². The molecule has 0 heterocycles. The van der Waals surface area contributed by atoms with E-state index in [1.165, 1.54) is 0 Å². The first-order valence-corrected chi connectivity index (χ1v) is 10.5. The van der Waals surface area contributed by atoms with Crippen LogP contribution in [0.5, 0.6) is 5.75 Å². The van der Waals surface area contributed by atoms with Gasteiger partial charge in [-0.2, -0.15) is 13.2 Å². The van der Waals surface area contributed by atoms with Crippen LogP contribution < -0.4 is 4.74 Å². The second kappa shape index (κ2) is 9.05. The highest BCUT2D eigenvalue weighted by molar-refractivity contribution is 7.85. The number of hydrogen-bond donors (Lipinski definition) is 0. The van der Waals surface area contributed by atoms with E-state index in [1.807, 2.05) is 0 Å². The standard InChI is InChI=1S/C19H21F3O6S/c1-2-8-18(9-4-3-5-10-18)28-16-13-14(6-7-15(16)19(20,21)22)17(23)27-11-12-29(24,25)26/h6-7,13H,3-5,9-12H2,1H3,(H,24,25,26)/p-1. The number of esters is 1. The van der Waals surface area contributed by atoms with E-state index in [9.17, 15) is 30.9 Å². The molecule has 1 aromatic rings. The molecule has 29 heavy (non-hydrogen) atoms. The van der Waals surface area contributed by atoms with Crippen LogP contribution in [0.15, 0.2) is 18.2 Å². The molecule has 0 N–H and O–H groups in total. The quantitative estimate of drug-likeness (QED) is 0.387. The van der Waals surface area contributed by atoms with Crippen molar-refractivity contribution in [2.75, 3.05) is 12.4 Å². The lowest BCUT2D eigenvalue weighted by Crippen LogP contribution is -2.37. The second-order valence-electron chi connectivity index (χ2n) is 6.64. The van der Waals surface area contributed by atoms with E-state index in [1.54, 1.807) is 6.92 Å². The van der Waals surface area contributed by atoms with Gasteiger partial charge in [-0.25, -0.2) is 13.2 Å². The van der Waals surface area contributed by atoms with Crippen molar-refractivity contribution in [1.82, 2.24) is 0 Å². The van der Waals surface area contributed by atoms with Crippen molar-refractivity contribution in [2.45, 2.75) is 50.8 Å². The second-order valence-corrected chi connectivity index (χ2v) is 8.16. The van der Waals surface area contributed by atoms with E-state index in [4.69, 9.17) is 4.74 Å². The lowest BCUT2D eigenvalue weighted by molar-refractivity contribution is -0.139. The molecule has 160 valence electrons. The highest BCUT2D eigenvalue weighted by atomic mass is 32.2. The molecule has 1 aliphatic carbocycles. The Balaban J connectivity index is 2.33. The molecule has 0 spiro atoms. The molecule has 0 saturated heterocycles. The number of carbonyl (C=O) groups excluding carboxylic acids is 1. The maximum absolute atomic E-state index is 13.4. The van der Waals surface area contributed by atoms with Gasteiger partial charge in [-0.05, 0) is 50.8 Å². The molecule has 0 atom stereocenters. The van der Waals surface area contributed by atoms with E-state index in [-0.39, 0.29) is 5.56 Å². The fraction of sp³-hybridized carbons (Fsp3) is 0.526. The number of halogens is 3. The Bertz CT molecular complexity index is 906. The molecular formula is C19H20F3O6S-.